The first-order chi connectivity index (χ1) is 11.5. The highest BCUT2D eigenvalue weighted by Gasteiger charge is 2.01. The van der Waals surface area contributed by atoms with Gasteiger partial charge in [0.05, 0.1) is 25.5 Å². The summed E-state index contributed by atoms with van der Waals surface area (Å²) in [7, 11) is -2.96. The van der Waals surface area contributed by atoms with Gasteiger partial charge in [-0.3, -0.25) is 4.99 Å². The van der Waals surface area contributed by atoms with Crippen LogP contribution in [-0.2, 0) is 14.6 Å². The molecule has 6 nitrogen and oxygen atoms in total. The average Bonchev–Trinajstić information content (AvgIpc) is 2.54. The van der Waals surface area contributed by atoms with E-state index in [0.717, 1.165) is 24.8 Å². The topological polar surface area (TPSA) is 79.8 Å². The maximum Gasteiger partial charge on any atom is 0.191 e. The second kappa shape index (κ2) is 12.2. The van der Waals surface area contributed by atoms with Crippen molar-refractivity contribution < 1.29 is 13.2 Å². The van der Waals surface area contributed by atoms with Crippen LogP contribution in [0, 0.1) is 0 Å². The average molecular weight is 374 g/mol. The number of hydrogen-bond donors (Lipinski definition) is 2. The largest absolute Gasteiger partial charge is 0.378 e. The van der Waals surface area contributed by atoms with Crippen LogP contribution in [0.1, 0.15) is 6.92 Å². The first kappa shape index (κ1) is 20.8. The predicted octanol–water partition coefficient (Wildman–Crippen LogP) is 1.40. The number of rotatable bonds is 11. The number of sulfone groups is 1. The molecule has 0 saturated heterocycles. The molecule has 1 rings (SSSR count). The Balaban J connectivity index is 2.19. The normalized spacial score (nSPS) is 12.2. The Hall–Kier alpha value is -1.25. The highest BCUT2D eigenvalue weighted by atomic mass is 32.2. The SMILES string of the molecule is CCNC(=NCCOCCS(C)(=O)=O)NCCSc1ccccc1. The quantitative estimate of drug-likeness (QED) is 0.264. The third-order valence-electron chi connectivity index (χ3n) is 2.85. The number of thioether (sulfide) groups is 1. The maximum atomic E-state index is 11.0. The van der Waals surface area contributed by atoms with Gasteiger partial charge in [0.2, 0.25) is 0 Å². The zero-order chi connectivity index (χ0) is 17.7. The Kier molecular flexibility index (Phi) is 10.5. The van der Waals surface area contributed by atoms with Crippen molar-refractivity contribution in [3.63, 3.8) is 0 Å². The van der Waals surface area contributed by atoms with E-state index in [0.29, 0.717) is 13.2 Å². The Bertz CT molecular complexity index is 577. The Morgan fingerprint density at radius 1 is 1.21 bits per heavy atom. The standard InChI is InChI=1S/C16H27N3O3S2/c1-3-17-16(18-9-11-22-12-14-24(2,20)21)19-10-13-23-15-7-5-4-6-8-15/h4-8H,3,9-14H2,1-2H3,(H2,17,18,19). The lowest BCUT2D eigenvalue weighted by Crippen LogP contribution is -2.38. The van der Waals surface area contributed by atoms with E-state index in [1.165, 1.54) is 11.2 Å². The fourth-order valence-electron chi connectivity index (χ4n) is 1.73. The number of nitrogens with zero attached hydrogens (tertiary/aromatic N) is 1. The minimum absolute atomic E-state index is 0.0474. The van der Waals surface area contributed by atoms with Crippen LogP contribution in [0.3, 0.4) is 0 Å². The van der Waals surface area contributed by atoms with Gasteiger partial charge in [-0.2, -0.15) is 0 Å². The summed E-state index contributed by atoms with van der Waals surface area (Å²) < 4.78 is 27.2. The van der Waals surface area contributed by atoms with Gasteiger partial charge < -0.3 is 15.4 Å². The molecule has 0 aliphatic rings. The van der Waals surface area contributed by atoms with Gasteiger partial charge in [0.15, 0.2) is 5.96 Å². The van der Waals surface area contributed by atoms with Crippen LogP contribution in [0.4, 0.5) is 0 Å². The summed E-state index contributed by atoms with van der Waals surface area (Å²) in [6.07, 6.45) is 1.20. The van der Waals surface area contributed by atoms with Crippen LogP contribution >= 0.6 is 11.8 Å². The molecule has 2 N–H and O–H groups in total. The van der Waals surface area contributed by atoms with Crippen LogP contribution < -0.4 is 10.6 Å². The van der Waals surface area contributed by atoms with E-state index in [-0.39, 0.29) is 12.4 Å². The summed E-state index contributed by atoms with van der Waals surface area (Å²) in [4.78, 5) is 5.65. The lowest BCUT2D eigenvalue weighted by molar-refractivity contribution is 0.157. The van der Waals surface area contributed by atoms with Gasteiger partial charge in [-0.1, -0.05) is 18.2 Å². The van der Waals surface area contributed by atoms with Gasteiger partial charge in [0.1, 0.15) is 9.84 Å². The van der Waals surface area contributed by atoms with E-state index < -0.39 is 9.84 Å². The summed E-state index contributed by atoms with van der Waals surface area (Å²) >= 11 is 1.79. The van der Waals surface area contributed by atoms with Crippen molar-refractivity contribution >= 4 is 27.6 Å². The molecule has 0 aliphatic heterocycles. The van der Waals surface area contributed by atoms with Gasteiger partial charge in [0, 0.05) is 30.0 Å². The molecule has 8 heteroatoms. The van der Waals surface area contributed by atoms with Crippen molar-refractivity contribution in [2.45, 2.75) is 11.8 Å². The van der Waals surface area contributed by atoms with Gasteiger partial charge in [-0.25, -0.2) is 8.42 Å². The highest BCUT2D eigenvalue weighted by Crippen LogP contribution is 2.15. The van der Waals surface area contributed by atoms with E-state index >= 15 is 0 Å². The smallest absolute Gasteiger partial charge is 0.191 e. The molecule has 1 aromatic rings. The molecular formula is C16H27N3O3S2. The van der Waals surface area contributed by atoms with Crippen molar-refractivity contribution in [3.05, 3.63) is 30.3 Å². The molecule has 0 amide bonds. The predicted molar refractivity (Wildman–Crippen MR) is 102 cm³/mol. The molecular weight excluding hydrogens is 346 g/mol. The van der Waals surface area contributed by atoms with Crippen molar-refractivity contribution in [2.75, 3.05) is 50.6 Å². The van der Waals surface area contributed by atoms with Gasteiger partial charge in [-0.05, 0) is 19.1 Å². The van der Waals surface area contributed by atoms with E-state index in [9.17, 15) is 8.42 Å². The van der Waals surface area contributed by atoms with Crippen molar-refractivity contribution in [3.8, 4) is 0 Å². The third kappa shape index (κ3) is 11.3. The molecule has 0 spiro atoms. The lowest BCUT2D eigenvalue weighted by atomic mass is 10.4. The minimum atomic E-state index is -2.96. The van der Waals surface area contributed by atoms with E-state index in [4.69, 9.17) is 4.74 Å². The number of guanidine groups is 1. The van der Waals surface area contributed by atoms with Crippen molar-refractivity contribution in [1.82, 2.24) is 10.6 Å². The zero-order valence-corrected chi connectivity index (χ0v) is 16.0. The third-order valence-corrected chi connectivity index (χ3v) is 4.78. The Morgan fingerprint density at radius 3 is 2.62 bits per heavy atom. The van der Waals surface area contributed by atoms with Gasteiger partial charge in [-0.15, -0.1) is 11.8 Å². The first-order valence-electron chi connectivity index (χ1n) is 7.97. The zero-order valence-electron chi connectivity index (χ0n) is 14.3. The summed E-state index contributed by atoms with van der Waals surface area (Å²) in [5, 5.41) is 6.45. The summed E-state index contributed by atoms with van der Waals surface area (Å²) in [6.45, 7) is 4.72. The number of hydrogen-bond acceptors (Lipinski definition) is 5. The van der Waals surface area contributed by atoms with E-state index in [2.05, 4.69) is 27.8 Å². The van der Waals surface area contributed by atoms with Crippen LogP contribution in [0.25, 0.3) is 0 Å². The molecule has 0 fully saturated rings. The van der Waals surface area contributed by atoms with Gasteiger partial charge in [0.25, 0.3) is 0 Å². The fourth-order valence-corrected chi connectivity index (χ4v) is 2.94. The number of benzene rings is 1. The first-order valence-corrected chi connectivity index (χ1v) is 11.0. The molecule has 136 valence electrons. The molecule has 0 heterocycles. The van der Waals surface area contributed by atoms with Crippen LogP contribution in [0.15, 0.2) is 40.2 Å². The Morgan fingerprint density at radius 2 is 1.96 bits per heavy atom. The minimum Gasteiger partial charge on any atom is -0.378 e. The fraction of sp³-hybridized carbons (Fsp3) is 0.562. The number of aliphatic imine (C=N–C) groups is 1. The molecule has 1 aromatic carbocycles. The lowest BCUT2D eigenvalue weighted by Gasteiger charge is -2.11. The van der Waals surface area contributed by atoms with Crippen LogP contribution in [0.2, 0.25) is 0 Å². The summed E-state index contributed by atoms with van der Waals surface area (Å²) in [5.41, 5.74) is 0. The molecule has 24 heavy (non-hydrogen) atoms. The van der Waals surface area contributed by atoms with E-state index in [1.807, 2.05) is 25.1 Å². The Labute approximate surface area is 149 Å². The second-order valence-electron chi connectivity index (χ2n) is 5.09. The molecule has 0 saturated carbocycles. The van der Waals surface area contributed by atoms with Crippen LogP contribution in [-0.4, -0.2) is 65.0 Å². The number of ether oxygens (including phenoxy) is 1. The highest BCUT2D eigenvalue weighted by molar-refractivity contribution is 7.99. The van der Waals surface area contributed by atoms with Gasteiger partial charge >= 0.3 is 0 Å². The molecule has 0 bridgehead atoms. The second-order valence-corrected chi connectivity index (χ2v) is 8.52. The summed E-state index contributed by atoms with van der Waals surface area (Å²) in [5.74, 6) is 1.74. The summed E-state index contributed by atoms with van der Waals surface area (Å²) in [6, 6.07) is 10.3. The van der Waals surface area contributed by atoms with E-state index in [1.54, 1.807) is 11.8 Å². The van der Waals surface area contributed by atoms with Crippen LogP contribution in [0.5, 0.6) is 0 Å². The van der Waals surface area contributed by atoms with Crippen molar-refractivity contribution in [1.29, 1.82) is 0 Å². The number of nitrogens with one attached hydrogen (secondary N) is 2. The maximum absolute atomic E-state index is 11.0. The van der Waals surface area contributed by atoms with Crippen molar-refractivity contribution in [2.24, 2.45) is 4.99 Å². The molecule has 0 radical (unpaired) electrons. The molecule has 0 atom stereocenters. The molecule has 0 aromatic heterocycles. The molecule has 0 aliphatic carbocycles. The molecule has 0 unspecified atom stereocenters. The monoisotopic (exact) mass is 373 g/mol.